The molecule has 1 aliphatic heterocycles. The van der Waals surface area contributed by atoms with E-state index >= 15 is 0 Å². The van der Waals surface area contributed by atoms with Gasteiger partial charge in [0.2, 0.25) is 5.91 Å². The second kappa shape index (κ2) is 7.15. The van der Waals surface area contributed by atoms with Crippen molar-refractivity contribution in [3.05, 3.63) is 47.7 Å². The molecule has 2 aliphatic rings. The van der Waals surface area contributed by atoms with Crippen molar-refractivity contribution in [2.45, 2.75) is 64.2 Å². The van der Waals surface area contributed by atoms with Crippen molar-refractivity contribution in [2.24, 2.45) is 0 Å². The van der Waals surface area contributed by atoms with Crippen molar-refractivity contribution in [3.8, 4) is 11.4 Å². The van der Waals surface area contributed by atoms with Gasteiger partial charge in [-0.25, -0.2) is 0 Å². The fourth-order valence-corrected chi connectivity index (χ4v) is 5.79. The molecule has 3 heterocycles. The Labute approximate surface area is 177 Å². The maximum atomic E-state index is 13.7. The highest BCUT2D eigenvalue weighted by Crippen LogP contribution is 2.50. The van der Waals surface area contributed by atoms with Crippen LogP contribution in [0.5, 0.6) is 0 Å². The first kappa shape index (κ1) is 19.2. The summed E-state index contributed by atoms with van der Waals surface area (Å²) < 4.78 is 0. The van der Waals surface area contributed by atoms with Gasteiger partial charge in [-0.3, -0.25) is 9.89 Å². The number of aromatic amines is 2. The Bertz CT molecular complexity index is 1130. The second-order valence-electron chi connectivity index (χ2n) is 8.80. The molecule has 1 aliphatic carbocycles. The Morgan fingerprint density at radius 1 is 1.20 bits per heavy atom. The topological polar surface area (TPSA) is 64.8 Å². The molecule has 156 valence electrons. The van der Waals surface area contributed by atoms with Gasteiger partial charge in [-0.1, -0.05) is 32.8 Å². The first-order valence-corrected chi connectivity index (χ1v) is 11.3. The van der Waals surface area contributed by atoms with Crippen LogP contribution >= 0.6 is 0 Å². The number of aryl methyl sites for hydroxylation is 2. The van der Waals surface area contributed by atoms with Gasteiger partial charge in [-0.15, -0.1) is 6.58 Å². The van der Waals surface area contributed by atoms with Gasteiger partial charge in [-0.2, -0.15) is 5.10 Å². The lowest BCUT2D eigenvalue weighted by molar-refractivity contribution is -0.123. The second-order valence-corrected chi connectivity index (χ2v) is 8.80. The number of benzene rings is 1. The van der Waals surface area contributed by atoms with Crippen molar-refractivity contribution in [3.63, 3.8) is 0 Å². The molecular weight excluding hydrogens is 372 g/mol. The van der Waals surface area contributed by atoms with Gasteiger partial charge in [0.05, 0.1) is 23.0 Å². The van der Waals surface area contributed by atoms with E-state index in [1.165, 1.54) is 22.1 Å². The van der Waals surface area contributed by atoms with Gasteiger partial charge in [0.1, 0.15) is 0 Å². The number of hydrogen-bond donors (Lipinski definition) is 2. The van der Waals surface area contributed by atoms with Gasteiger partial charge in [0, 0.05) is 23.1 Å². The van der Waals surface area contributed by atoms with Gasteiger partial charge >= 0.3 is 0 Å². The molecule has 30 heavy (non-hydrogen) atoms. The van der Waals surface area contributed by atoms with E-state index in [-0.39, 0.29) is 5.91 Å². The highest BCUT2D eigenvalue weighted by molar-refractivity contribution is 6.11. The van der Waals surface area contributed by atoms with Gasteiger partial charge in [0.15, 0.2) is 0 Å². The van der Waals surface area contributed by atoms with Crippen LogP contribution < -0.4 is 4.90 Å². The van der Waals surface area contributed by atoms with Crippen molar-refractivity contribution in [1.82, 2.24) is 15.2 Å². The molecule has 0 spiro atoms. The number of nitrogens with one attached hydrogen (secondary N) is 2. The molecule has 5 rings (SSSR count). The Balaban J connectivity index is 1.77. The first-order chi connectivity index (χ1) is 14.6. The molecule has 0 atom stereocenters. The van der Waals surface area contributed by atoms with Gasteiger partial charge in [-0.05, 0) is 60.9 Å². The molecule has 0 radical (unpaired) electrons. The lowest BCUT2D eigenvalue weighted by Gasteiger charge is -2.28. The Hall–Kier alpha value is -2.82. The summed E-state index contributed by atoms with van der Waals surface area (Å²) in [4.78, 5) is 19.3. The third kappa shape index (κ3) is 2.54. The number of amides is 1. The summed E-state index contributed by atoms with van der Waals surface area (Å²) in [7, 11) is 0. The largest absolute Gasteiger partial charge is 0.353 e. The maximum Gasteiger partial charge on any atom is 0.238 e. The predicted molar refractivity (Wildman–Crippen MR) is 122 cm³/mol. The number of nitrogens with zero attached hydrogens (tertiary/aromatic N) is 2. The molecule has 0 saturated heterocycles. The minimum absolute atomic E-state index is 0.246. The maximum absolute atomic E-state index is 13.7. The summed E-state index contributed by atoms with van der Waals surface area (Å²) in [6.07, 6.45) is 10.7. The molecule has 2 aromatic heterocycles. The minimum Gasteiger partial charge on any atom is -0.353 e. The van der Waals surface area contributed by atoms with Crippen molar-refractivity contribution < 1.29 is 4.79 Å². The van der Waals surface area contributed by atoms with Crippen LogP contribution in [0.4, 0.5) is 5.69 Å². The monoisotopic (exact) mass is 402 g/mol. The standard InChI is InChI=1S/C25H30N4O/c1-4-10-25(11-5-2)19-14-20-18(13-21(19)29(12-6-3)24(25)30)17-9-7-8-16-15-26-28-22(16)23(17)27-20/h6,13-15,27H,3-5,7-12H2,1-2H3,(H,26,28). The minimum atomic E-state index is -0.419. The van der Waals surface area contributed by atoms with E-state index in [0.717, 1.165) is 67.5 Å². The molecule has 3 aromatic rings. The van der Waals surface area contributed by atoms with E-state index in [0.29, 0.717) is 6.54 Å². The van der Waals surface area contributed by atoms with Crippen LogP contribution in [0.15, 0.2) is 31.0 Å². The van der Waals surface area contributed by atoms with E-state index in [9.17, 15) is 4.79 Å². The fourth-order valence-electron chi connectivity index (χ4n) is 5.79. The summed E-state index contributed by atoms with van der Waals surface area (Å²) in [6.45, 7) is 8.83. The Morgan fingerprint density at radius 2 is 2.00 bits per heavy atom. The molecule has 0 saturated carbocycles. The average Bonchev–Trinajstić information content (AvgIpc) is 3.36. The summed E-state index contributed by atoms with van der Waals surface area (Å²) in [5, 5.41) is 8.73. The highest BCUT2D eigenvalue weighted by Gasteiger charge is 2.49. The summed E-state index contributed by atoms with van der Waals surface area (Å²) in [5.41, 5.74) is 7.87. The number of carbonyl (C=O) groups excluding carboxylic acids is 1. The van der Waals surface area contributed by atoms with Crippen LogP contribution in [0.3, 0.4) is 0 Å². The molecule has 5 heteroatoms. The number of carbonyl (C=O) groups is 1. The van der Waals surface area contributed by atoms with Crippen LogP contribution in [-0.4, -0.2) is 27.6 Å². The van der Waals surface area contributed by atoms with Crippen LogP contribution in [-0.2, 0) is 23.1 Å². The molecule has 2 N–H and O–H groups in total. The lowest BCUT2D eigenvalue weighted by atomic mass is 9.74. The van der Waals surface area contributed by atoms with Crippen LogP contribution in [0.2, 0.25) is 0 Å². The molecule has 0 fully saturated rings. The molecular formula is C25H30N4O. The van der Waals surface area contributed by atoms with Crippen LogP contribution in [0.25, 0.3) is 22.3 Å². The number of H-pyrrole nitrogens is 2. The zero-order chi connectivity index (χ0) is 20.9. The fraction of sp³-hybridized carbons (Fsp3) is 0.440. The summed E-state index contributed by atoms with van der Waals surface area (Å²) >= 11 is 0. The normalized spacial score (nSPS) is 17.0. The van der Waals surface area contributed by atoms with E-state index in [4.69, 9.17) is 0 Å². The summed E-state index contributed by atoms with van der Waals surface area (Å²) in [6, 6.07) is 4.53. The van der Waals surface area contributed by atoms with E-state index < -0.39 is 5.41 Å². The number of fused-ring (bicyclic) bond motifs is 6. The SMILES string of the molecule is C=CCN1C(=O)C(CCC)(CCC)c2cc3[nH]c4c(c3cc21)CCCc1cn[nH]c1-4. The zero-order valence-corrected chi connectivity index (χ0v) is 18.0. The van der Waals surface area contributed by atoms with E-state index in [1.807, 2.05) is 17.2 Å². The van der Waals surface area contributed by atoms with E-state index in [1.54, 1.807) is 0 Å². The Kier molecular flexibility index (Phi) is 4.57. The third-order valence-electron chi connectivity index (χ3n) is 6.99. The first-order valence-electron chi connectivity index (χ1n) is 11.3. The molecule has 5 nitrogen and oxygen atoms in total. The molecule has 1 amide bonds. The smallest absolute Gasteiger partial charge is 0.238 e. The van der Waals surface area contributed by atoms with Gasteiger partial charge < -0.3 is 9.88 Å². The predicted octanol–water partition coefficient (Wildman–Crippen LogP) is 5.42. The molecule has 1 aromatic carbocycles. The quantitative estimate of drug-likeness (QED) is 0.541. The number of rotatable bonds is 6. The number of aromatic nitrogens is 3. The average molecular weight is 403 g/mol. The number of hydrogen-bond acceptors (Lipinski definition) is 2. The highest BCUT2D eigenvalue weighted by atomic mass is 16.2. The Morgan fingerprint density at radius 3 is 2.73 bits per heavy atom. The van der Waals surface area contributed by atoms with E-state index in [2.05, 4.69) is 47.7 Å². The van der Waals surface area contributed by atoms with Crippen LogP contribution in [0, 0.1) is 0 Å². The lowest BCUT2D eigenvalue weighted by Crippen LogP contribution is -2.40. The zero-order valence-electron chi connectivity index (χ0n) is 18.0. The third-order valence-corrected chi connectivity index (χ3v) is 6.99. The summed E-state index contributed by atoms with van der Waals surface area (Å²) in [5.74, 6) is 0.246. The van der Waals surface area contributed by atoms with Crippen LogP contribution in [0.1, 0.15) is 62.6 Å². The van der Waals surface area contributed by atoms with Crippen molar-refractivity contribution >= 4 is 22.5 Å². The molecule has 0 bridgehead atoms. The van der Waals surface area contributed by atoms with Crippen molar-refractivity contribution in [1.29, 1.82) is 0 Å². The van der Waals surface area contributed by atoms with Crippen molar-refractivity contribution in [2.75, 3.05) is 11.4 Å². The molecule has 0 unspecified atom stereocenters. The number of anilines is 1. The van der Waals surface area contributed by atoms with Gasteiger partial charge in [0.25, 0.3) is 0 Å².